The maximum Gasteiger partial charge on any atom is 0.164 e. The summed E-state index contributed by atoms with van der Waals surface area (Å²) < 4.78 is 6.78. The molecule has 0 aromatic carbocycles. The summed E-state index contributed by atoms with van der Waals surface area (Å²) in [5, 5.41) is 7.34. The molecule has 1 N–H and O–H groups in total. The Morgan fingerprint density at radius 3 is 3.00 bits per heavy atom. The van der Waals surface area contributed by atoms with Crippen LogP contribution in [-0.4, -0.2) is 34.5 Å². The number of aromatic nitrogens is 3. The van der Waals surface area contributed by atoms with Crippen molar-refractivity contribution in [3.05, 3.63) is 12.2 Å². The van der Waals surface area contributed by atoms with E-state index in [1.165, 1.54) is 0 Å². The summed E-state index contributed by atoms with van der Waals surface area (Å²) in [6.07, 6.45) is 1.92. The molecule has 1 unspecified atom stereocenters. The van der Waals surface area contributed by atoms with Gasteiger partial charge in [0.25, 0.3) is 0 Å². The van der Waals surface area contributed by atoms with Crippen LogP contribution in [0.2, 0.25) is 0 Å². The minimum atomic E-state index is 0.226. The van der Waals surface area contributed by atoms with Gasteiger partial charge < -0.3 is 10.1 Å². The van der Waals surface area contributed by atoms with E-state index < -0.39 is 0 Å². The largest absolute Gasteiger partial charge is 0.380 e. The van der Waals surface area contributed by atoms with Crippen molar-refractivity contribution in [2.45, 2.75) is 19.6 Å². The van der Waals surface area contributed by atoms with Crippen LogP contribution in [0.25, 0.3) is 0 Å². The first-order chi connectivity index (χ1) is 6.22. The first-order valence-electron chi connectivity index (χ1n) is 4.30. The van der Waals surface area contributed by atoms with Gasteiger partial charge in [-0.3, -0.25) is 4.68 Å². The standard InChI is InChI=1S/C8H16N4O/c1-7(13-3)4-9-5-8-10-6-12(2)11-8/h6-7,9H,4-5H2,1-3H3. The summed E-state index contributed by atoms with van der Waals surface area (Å²) in [6.45, 7) is 3.52. The van der Waals surface area contributed by atoms with Gasteiger partial charge in [0.1, 0.15) is 6.33 Å². The molecule has 1 heterocycles. The van der Waals surface area contributed by atoms with Gasteiger partial charge in [-0.15, -0.1) is 0 Å². The summed E-state index contributed by atoms with van der Waals surface area (Å²) in [7, 11) is 3.56. The van der Waals surface area contributed by atoms with Gasteiger partial charge in [-0.05, 0) is 6.92 Å². The molecule has 5 nitrogen and oxygen atoms in total. The normalized spacial score (nSPS) is 13.2. The van der Waals surface area contributed by atoms with Crippen LogP contribution in [-0.2, 0) is 18.3 Å². The molecule has 1 aromatic rings. The van der Waals surface area contributed by atoms with Crippen LogP contribution in [0.15, 0.2) is 6.33 Å². The number of ether oxygens (including phenoxy) is 1. The Labute approximate surface area is 78.1 Å². The molecule has 0 aliphatic rings. The van der Waals surface area contributed by atoms with Crippen LogP contribution in [0.1, 0.15) is 12.7 Å². The van der Waals surface area contributed by atoms with Gasteiger partial charge in [-0.1, -0.05) is 0 Å². The Kier molecular flexibility index (Phi) is 3.85. The van der Waals surface area contributed by atoms with Gasteiger partial charge in [0.05, 0.1) is 12.6 Å². The summed E-state index contributed by atoms with van der Waals surface area (Å²) in [6, 6.07) is 0. The summed E-state index contributed by atoms with van der Waals surface area (Å²) >= 11 is 0. The zero-order valence-corrected chi connectivity index (χ0v) is 8.32. The lowest BCUT2D eigenvalue weighted by Crippen LogP contribution is -2.26. The molecular formula is C8H16N4O. The Bertz CT molecular complexity index is 248. The highest BCUT2D eigenvalue weighted by atomic mass is 16.5. The lowest BCUT2D eigenvalue weighted by atomic mass is 10.4. The summed E-state index contributed by atoms with van der Waals surface area (Å²) in [4.78, 5) is 4.09. The summed E-state index contributed by atoms with van der Waals surface area (Å²) in [5.41, 5.74) is 0. The molecule has 1 rings (SSSR count). The van der Waals surface area contributed by atoms with Gasteiger partial charge in [-0.2, -0.15) is 5.10 Å². The second-order valence-electron chi connectivity index (χ2n) is 3.01. The smallest absolute Gasteiger partial charge is 0.164 e. The van der Waals surface area contributed by atoms with E-state index in [-0.39, 0.29) is 6.10 Å². The van der Waals surface area contributed by atoms with Gasteiger partial charge in [-0.25, -0.2) is 4.98 Å². The fourth-order valence-corrected chi connectivity index (χ4v) is 0.935. The fraction of sp³-hybridized carbons (Fsp3) is 0.750. The number of hydrogen-bond acceptors (Lipinski definition) is 4. The Morgan fingerprint density at radius 2 is 2.46 bits per heavy atom. The topological polar surface area (TPSA) is 52.0 Å². The zero-order valence-electron chi connectivity index (χ0n) is 8.32. The van der Waals surface area contributed by atoms with E-state index >= 15 is 0 Å². The fourth-order valence-electron chi connectivity index (χ4n) is 0.935. The second kappa shape index (κ2) is 4.94. The number of aryl methyl sites for hydroxylation is 1. The number of nitrogens with one attached hydrogen (secondary N) is 1. The third-order valence-corrected chi connectivity index (χ3v) is 1.76. The van der Waals surface area contributed by atoms with E-state index in [1.807, 2.05) is 14.0 Å². The molecule has 0 saturated heterocycles. The van der Waals surface area contributed by atoms with Crippen molar-refractivity contribution >= 4 is 0 Å². The van der Waals surface area contributed by atoms with Crippen molar-refractivity contribution in [3.8, 4) is 0 Å². The van der Waals surface area contributed by atoms with Crippen LogP contribution >= 0.6 is 0 Å². The Hall–Kier alpha value is -0.940. The number of methoxy groups -OCH3 is 1. The minimum Gasteiger partial charge on any atom is -0.380 e. The van der Waals surface area contributed by atoms with Gasteiger partial charge in [0, 0.05) is 20.7 Å². The van der Waals surface area contributed by atoms with Crippen molar-refractivity contribution in [2.24, 2.45) is 7.05 Å². The predicted octanol–water partition coefficient (Wildman–Crippen LogP) is -0.0604. The van der Waals surface area contributed by atoms with Crippen molar-refractivity contribution < 1.29 is 4.74 Å². The molecule has 0 bridgehead atoms. The predicted molar refractivity (Wildman–Crippen MR) is 49.2 cm³/mol. The first-order valence-corrected chi connectivity index (χ1v) is 4.30. The molecule has 5 heteroatoms. The van der Waals surface area contributed by atoms with Crippen molar-refractivity contribution in [3.63, 3.8) is 0 Å². The lowest BCUT2D eigenvalue weighted by molar-refractivity contribution is 0.117. The van der Waals surface area contributed by atoms with Crippen LogP contribution in [0.3, 0.4) is 0 Å². The number of hydrogen-bond donors (Lipinski definition) is 1. The monoisotopic (exact) mass is 184 g/mol. The number of rotatable bonds is 5. The molecular weight excluding hydrogens is 168 g/mol. The van der Waals surface area contributed by atoms with Gasteiger partial charge in [0.2, 0.25) is 0 Å². The van der Waals surface area contributed by atoms with Crippen molar-refractivity contribution in [2.75, 3.05) is 13.7 Å². The molecule has 0 aliphatic carbocycles. The second-order valence-corrected chi connectivity index (χ2v) is 3.01. The summed E-state index contributed by atoms with van der Waals surface area (Å²) in [5.74, 6) is 0.811. The van der Waals surface area contributed by atoms with Crippen LogP contribution < -0.4 is 5.32 Å². The molecule has 0 spiro atoms. The molecule has 74 valence electrons. The van der Waals surface area contributed by atoms with Gasteiger partial charge >= 0.3 is 0 Å². The van der Waals surface area contributed by atoms with E-state index in [4.69, 9.17) is 4.74 Å². The number of nitrogens with zero attached hydrogens (tertiary/aromatic N) is 3. The molecule has 1 aromatic heterocycles. The van der Waals surface area contributed by atoms with Gasteiger partial charge in [0.15, 0.2) is 5.82 Å². The third kappa shape index (κ3) is 3.52. The molecule has 13 heavy (non-hydrogen) atoms. The molecule has 1 atom stereocenters. The Morgan fingerprint density at radius 1 is 1.69 bits per heavy atom. The van der Waals surface area contributed by atoms with E-state index in [0.717, 1.165) is 12.4 Å². The quantitative estimate of drug-likeness (QED) is 0.696. The van der Waals surface area contributed by atoms with Crippen molar-refractivity contribution in [1.29, 1.82) is 0 Å². The molecule has 0 saturated carbocycles. The highest BCUT2D eigenvalue weighted by molar-refractivity contribution is 4.80. The lowest BCUT2D eigenvalue weighted by Gasteiger charge is -2.08. The van der Waals surface area contributed by atoms with Crippen LogP contribution in [0, 0.1) is 0 Å². The van der Waals surface area contributed by atoms with E-state index in [1.54, 1.807) is 18.1 Å². The highest BCUT2D eigenvalue weighted by Gasteiger charge is 2.00. The van der Waals surface area contributed by atoms with E-state index in [0.29, 0.717) is 6.54 Å². The third-order valence-electron chi connectivity index (χ3n) is 1.76. The SMILES string of the molecule is COC(C)CNCc1ncn(C)n1. The average Bonchev–Trinajstić information content (AvgIpc) is 2.51. The van der Waals surface area contributed by atoms with E-state index in [9.17, 15) is 0 Å². The molecule has 0 amide bonds. The Balaban J connectivity index is 2.20. The maximum atomic E-state index is 5.08. The maximum absolute atomic E-state index is 5.08. The van der Waals surface area contributed by atoms with E-state index in [2.05, 4.69) is 15.4 Å². The van der Waals surface area contributed by atoms with Crippen molar-refractivity contribution in [1.82, 2.24) is 20.1 Å². The zero-order chi connectivity index (χ0) is 9.68. The average molecular weight is 184 g/mol. The highest BCUT2D eigenvalue weighted by Crippen LogP contribution is 1.88. The molecule has 0 aliphatic heterocycles. The molecule has 0 radical (unpaired) electrons. The molecule has 0 fully saturated rings. The van der Waals surface area contributed by atoms with Crippen LogP contribution in [0.5, 0.6) is 0 Å². The van der Waals surface area contributed by atoms with Crippen LogP contribution in [0.4, 0.5) is 0 Å². The minimum absolute atomic E-state index is 0.226. The first kappa shape index (κ1) is 10.1.